The van der Waals surface area contributed by atoms with Gasteiger partial charge in [0.05, 0.1) is 38.9 Å². The highest BCUT2D eigenvalue weighted by Crippen LogP contribution is 2.28. The molecule has 0 amide bonds. The molecule has 0 bridgehead atoms. The third-order valence-corrected chi connectivity index (χ3v) is 5.17. The molecule has 0 aliphatic carbocycles. The maximum Gasteiger partial charge on any atom is 0.163 e. The quantitative estimate of drug-likeness (QED) is 0.387. The summed E-state index contributed by atoms with van der Waals surface area (Å²) in [5.74, 6) is 0. The first-order valence-corrected chi connectivity index (χ1v) is 10.0. The third-order valence-electron chi connectivity index (χ3n) is 4.01. The van der Waals surface area contributed by atoms with Gasteiger partial charge in [0.1, 0.15) is 7.85 Å². The molecule has 6 nitrogen and oxygen atoms in total. The van der Waals surface area contributed by atoms with Gasteiger partial charge in [-0.3, -0.25) is 4.79 Å². The molecule has 3 heterocycles. The van der Waals surface area contributed by atoms with Gasteiger partial charge in [-0.1, -0.05) is 29.2 Å². The summed E-state index contributed by atoms with van der Waals surface area (Å²) in [4.78, 5) is 16.2. The van der Waals surface area contributed by atoms with Crippen LogP contribution in [0, 0.1) is 6.92 Å². The Morgan fingerprint density at radius 3 is 2.69 bits per heavy atom. The average Bonchev–Trinajstić information content (AvgIpc) is 3.32. The minimum Gasteiger partial charge on any atom is -0.353 e. The van der Waals surface area contributed by atoms with E-state index in [0.29, 0.717) is 21.0 Å². The van der Waals surface area contributed by atoms with Crippen LogP contribution in [0.4, 0.5) is 11.4 Å². The fraction of sp³-hybridized carbons (Fsp3) is 0.150. The van der Waals surface area contributed by atoms with Crippen molar-refractivity contribution in [2.45, 2.75) is 6.92 Å². The van der Waals surface area contributed by atoms with Crippen LogP contribution >= 0.6 is 22.9 Å². The minimum atomic E-state index is 0.542. The van der Waals surface area contributed by atoms with E-state index in [2.05, 4.69) is 20.7 Å². The van der Waals surface area contributed by atoms with Crippen LogP contribution in [-0.2, 0) is 0 Å². The summed E-state index contributed by atoms with van der Waals surface area (Å²) in [6.45, 7) is 1.90. The Kier molecular flexibility index (Phi) is 6.69. The van der Waals surface area contributed by atoms with Gasteiger partial charge < -0.3 is 10.6 Å². The number of hydrogen-bond acceptors (Lipinski definition) is 6. The Labute approximate surface area is 179 Å². The van der Waals surface area contributed by atoms with Crippen molar-refractivity contribution < 1.29 is 4.79 Å². The lowest BCUT2D eigenvalue weighted by Gasteiger charge is -2.13. The van der Waals surface area contributed by atoms with E-state index in [-0.39, 0.29) is 0 Å². The maximum atomic E-state index is 10.9. The van der Waals surface area contributed by atoms with Gasteiger partial charge in [-0.15, -0.1) is 11.3 Å². The highest BCUT2D eigenvalue weighted by Gasteiger charge is 2.13. The number of pyridine rings is 1. The van der Waals surface area contributed by atoms with Crippen molar-refractivity contribution in [1.29, 1.82) is 0 Å². The molecule has 3 aromatic heterocycles. The highest BCUT2D eigenvalue weighted by atomic mass is 35.5. The molecule has 0 saturated heterocycles. The van der Waals surface area contributed by atoms with Gasteiger partial charge in [-0.2, -0.15) is 5.10 Å². The van der Waals surface area contributed by atoms with Crippen molar-refractivity contribution in [2.75, 3.05) is 19.4 Å². The number of aromatic nitrogens is 3. The molecule has 0 unspecified atom stereocenters. The average molecular weight is 424 g/mol. The molecule has 4 aromatic rings. The minimum absolute atomic E-state index is 0.542. The van der Waals surface area contributed by atoms with E-state index in [0.717, 1.165) is 34.4 Å². The van der Waals surface area contributed by atoms with Crippen molar-refractivity contribution in [2.24, 2.45) is 0 Å². The number of thiophene rings is 1. The molecule has 0 aliphatic rings. The van der Waals surface area contributed by atoms with Gasteiger partial charge in [0.15, 0.2) is 11.9 Å². The lowest BCUT2D eigenvalue weighted by atomic mass is 9.94. The molecule has 0 aliphatic heterocycles. The zero-order valence-electron chi connectivity index (χ0n) is 16.2. The number of carbonyl (C=O) groups is 1. The van der Waals surface area contributed by atoms with Gasteiger partial charge in [0.25, 0.3) is 0 Å². The first kappa shape index (κ1) is 21.0. The topological polar surface area (TPSA) is 71.8 Å². The summed E-state index contributed by atoms with van der Waals surface area (Å²) in [6.07, 6.45) is 2.57. The molecular weight excluding hydrogens is 405 g/mol. The highest BCUT2D eigenvalue weighted by molar-refractivity contribution is 7.12. The van der Waals surface area contributed by atoms with Crippen LogP contribution in [0.15, 0.2) is 41.9 Å². The van der Waals surface area contributed by atoms with E-state index in [9.17, 15) is 4.79 Å². The van der Waals surface area contributed by atoms with E-state index in [1.165, 1.54) is 11.3 Å². The Morgan fingerprint density at radius 1 is 1.28 bits per heavy atom. The maximum absolute atomic E-state index is 10.9. The zero-order valence-corrected chi connectivity index (χ0v) is 17.8. The van der Waals surface area contributed by atoms with Crippen LogP contribution in [0.2, 0.25) is 5.02 Å². The number of halogens is 1. The first-order chi connectivity index (χ1) is 14.0. The van der Waals surface area contributed by atoms with Crippen LogP contribution in [0.1, 0.15) is 15.4 Å². The van der Waals surface area contributed by atoms with E-state index < -0.39 is 0 Å². The summed E-state index contributed by atoms with van der Waals surface area (Å²) < 4.78 is 1.72. The van der Waals surface area contributed by atoms with Crippen LogP contribution < -0.4 is 16.1 Å². The van der Waals surface area contributed by atoms with Crippen LogP contribution in [0.25, 0.3) is 16.7 Å². The predicted octanol–water partition coefficient (Wildman–Crippen LogP) is 3.63. The molecular formula is C20H19BClN5OS. The Bertz CT molecular complexity index is 1140. The number of aldehydes is 1. The van der Waals surface area contributed by atoms with Crippen molar-refractivity contribution in [3.05, 3.63) is 57.5 Å². The number of carbonyl (C=O) groups excluding carboxylic acids is 1. The van der Waals surface area contributed by atoms with Crippen LogP contribution in [0.5, 0.6) is 0 Å². The molecule has 0 spiro atoms. The molecule has 9 heteroatoms. The normalized spacial score (nSPS) is 10.5. The van der Waals surface area contributed by atoms with Gasteiger partial charge in [0.2, 0.25) is 0 Å². The molecule has 0 saturated carbocycles. The third kappa shape index (κ3) is 4.50. The van der Waals surface area contributed by atoms with E-state index in [1.807, 2.05) is 32.5 Å². The Balaban J connectivity index is 0.000000755. The second-order valence-corrected chi connectivity index (χ2v) is 7.59. The fourth-order valence-electron chi connectivity index (χ4n) is 2.69. The fourth-order valence-corrected chi connectivity index (χ4v) is 3.58. The molecule has 29 heavy (non-hydrogen) atoms. The number of benzene rings is 1. The molecule has 0 fully saturated rings. The Morgan fingerprint density at radius 2 is 2.03 bits per heavy atom. The number of rotatable bonds is 4. The van der Waals surface area contributed by atoms with Crippen molar-refractivity contribution >= 4 is 64.9 Å². The monoisotopic (exact) mass is 423 g/mol. The summed E-state index contributed by atoms with van der Waals surface area (Å²) in [5, 5.41) is 13.7. The number of fused-ring (bicyclic) bond motifs is 1. The number of aryl methyl sites for hydroxylation is 1. The number of nitrogens with one attached hydrogen (secondary N) is 2. The van der Waals surface area contributed by atoms with Crippen LogP contribution in [-0.4, -0.2) is 43.0 Å². The van der Waals surface area contributed by atoms with Crippen LogP contribution in [0.3, 0.4) is 0 Å². The number of para-hydroxylation sites is 1. The van der Waals surface area contributed by atoms with Crippen molar-refractivity contribution in [1.82, 2.24) is 20.1 Å². The molecule has 0 atom stereocenters. The van der Waals surface area contributed by atoms with Crippen molar-refractivity contribution in [3.63, 3.8) is 0 Å². The summed E-state index contributed by atoms with van der Waals surface area (Å²) in [6, 6.07) is 9.11. The van der Waals surface area contributed by atoms with Crippen molar-refractivity contribution in [3.8, 4) is 5.69 Å². The number of anilines is 2. The first-order valence-electron chi connectivity index (χ1n) is 8.77. The molecule has 2 radical (unpaired) electrons. The summed E-state index contributed by atoms with van der Waals surface area (Å²) >= 11 is 7.61. The smallest absolute Gasteiger partial charge is 0.163 e. The summed E-state index contributed by atoms with van der Waals surface area (Å²) in [7, 11) is 9.77. The molecule has 1 aromatic carbocycles. The van der Waals surface area contributed by atoms with Gasteiger partial charge >= 0.3 is 0 Å². The predicted molar refractivity (Wildman–Crippen MR) is 122 cm³/mol. The zero-order chi connectivity index (χ0) is 21.0. The second-order valence-electron chi connectivity index (χ2n) is 6.24. The van der Waals surface area contributed by atoms with E-state index in [4.69, 9.17) is 19.4 Å². The number of nitrogens with zero attached hydrogens (tertiary/aromatic N) is 3. The lowest BCUT2D eigenvalue weighted by Crippen LogP contribution is -2.10. The molecule has 146 valence electrons. The van der Waals surface area contributed by atoms with E-state index in [1.54, 1.807) is 35.1 Å². The standard InChI is InChI=1S/C18H12BClN4OS.C2H7N/c1-10-16(23-17-14(19)3-2-4-15(17)20)5-11-7-21-24(18(11)22-10)12-6-13(8-25)26-9-12;1-3-2/h2-9,23H,1H3;3H,1-2H3. The number of hydrogen-bond donors (Lipinski definition) is 2. The molecule has 4 rings (SSSR count). The Hall–Kier alpha value is -2.68. The lowest BCUT2D eigenvalue weighted by molar-refractivity contribution is 0.112. The second kappa shape index (κ2) is 9.22. The largest absolute Gasteiger partial charge is 0.353 e. The summed E-state index contributed by atoms with van der Waals surface area (Å²) in [5.41, 5.74) is 4.33. The van der Waals surface area contributed by atoms with E-state index >= 15 is 0 Å². The van der Waals surface area contributed by atoms with Gasteiger partial charge in [-0.05, 0) is 39.2 Å². The van der Waals surface area contributed by atoms with Gasteiger partial charge in [0, 0.05) is 10.8 Å². The molecule has 2 N–H and O–H groups in total. The SMILES string of the molecule is CNC.[B]c1cccc(Cl)c1Nc1cc2cnn(-c3csc(C=O)c3)c2nc1C. The van der Waals surface area contributed by atoms with Gasteiger partial charge in [-0.25, -0.2) is 9.67 Å².